The predicted octanol–water partition coefficient (Wildman–Crippen LogP) is 1.54. The van der Waals surface area contributed by atoms with Gasteiger partial charge in [0, 0.05) is 30.6 Å². The number of hydrogen-bond donors (Lipinski definition) is 1. The minimum absolute atomic E-state index is 0.0295. The van der Waals surface area contributed by atoms with Crippen LogP contribution in [0, 0.1) is 6.92 Å². The summed E-state index contributed by atoms with van der Waals surface area (Å²) in [6.07, 6.45) is 3.08. The highest BCUT2D eigenvalue weighted by molar-refractivity contribution is 7.11. The maximum Gasteiger partial charge on any atom is 0.224 e. The van der Waals surface area contributed by atoms with Crippen LogP contribution >= 0.6 is 11.3 Å². The first-order valence-electron chi connectivity index (χ1n) is 5.43. The summed E-state index contributed by atoms with van der Waals surface area (Å²) in [7, 11) is 1.81. The van der Waals surface area contributed by atoms with E-state index in [4.69, 9.17) is 5.73 Å². The minimum atomic E-state index is -0.0295. The number of thiazole rings is 1. The smallest absolute Gasteiger partial charge is 0.224 e. The first-order chi connectivity index (χ1) is 7.52. The van der Waals surface area contributed by atoms with Gasteiger partial charge >= 0.3 is 0 Å². The topological polar surface area (TPSA) is 59.2 Å². The predicted molar refractivity (Wildman–Crippen MR) is 66.2 cm³/mol. The van der Waals surface area contributed by atoms with Crippen molar-refractivity contribution in [2.24, 2.45) is 5.73 Å². The molecule has 1 atom stereocenters. The average molecular weight is 241 g/mol. The second kappa shape index (κ2) is 5.96. The number of aryl methyl sites for hydroxylation is 1. The Hall–Kier alpha value is -0.940. The quantitative estimate of drug-likeness (QED) is 0.850. The number of aromatic nitrogens is 1. The third-order valence-corrected chi connectivity index (χ3v) is 3.35. The second-order valence-corrected chi connectivity index (χ2v) is 5.29. The zero-order chi connectivity index (χ0) is 12.1. The Morgan fingerprint density at radius 3 is 2.88 bits per heavy atom. The molecule has 0 aliphatic rings. The lowest BCUT2D eigenvalue weighted by Gasteiger charge is -2.18. The molecule has 0 radical (unpaired) electrons. The normalized spacial score (nSPS) is 12.5. The van der Waals surface area contributed by atoms with Crippen molar-refractivity contribution in [1.29, 1.82) is 0 Å². The van der Waals surface area contributed by atoms with E-state index in [1.54, 1.807) is 23.3 Å². The first kappa shape index (κ1) is 13.1. The van der Waals surface area contributed by atoms with Crippen molar-refractivity contribution in [3.05, 3.63) is 16.1 Å². The maximum atomic E-state index is 11.8. The fraction of sp³-hybridized carbons (Fsp3) is 0.636. The molecule has 0 aliphatic heterocycles. The Kier molecular flexibility index (Phi) is 4.89. The number of nitrogens with two attached hydrogens (primary N) is 1. The molecular weight excluding hydrogens is 222 g/mol. The molecule has 0 bridgehead atoms. The lowest BCUT2D eigenvalue weighted by molar-refractivity contribution is -0.130. The molecule has 1 aromatic rings. The maximum absolute atomic E-state index is 11.8. The van der Waals surface area contributed by atoms with E-state index in [0.717, 1.165) is 16.3 Å². The third-order valence-electron chi connectivity index (χ3n) is 2.45. The molecule has 16 heavy (non-hydrogen) atoms. The molecule has 5 heteroatoms. The molecule has 90 valence electrons. The Bertz CT molecular complexity index is 351. The van der Waals surface area contributed by atoms with Gasteiger partial charge in [0.05, 0.1) is 11.6 Å². The molecule has 0 saturated heterocycles. The van der Waals surface area contributed by atoms with Gasteiger partial charge in [0.25, 0.3) is 0 Å². The van der Waals surface area contributed by atoms with Crippen LogP contribution in [0.3, 0.4) is 0 Å². The fourth-order valence-corrected chi connectivity index (χ4v) is 2.17. The fourth-order valence-electron chi connectivity index (χ4n) is 1.32. The van der Waals surface area contributed by atoms with Gasteiger partial charge in [-0.05, 0) is 13.3 Å². The molecular formula is C11H19N3OS. The summed E-state index contributed by atoms with van der Waals surface area (Å²) in [4.78, 5) is 18.7. The summed E-state index contributed by atoms with van der Waals surface area (Å²) < 4.78 is 0. The molecule has 4 nitrogen and oxygen atoms in total. The molecule has 0 fully saturated rings. The van der Waals surface area contributed by atoms with Crippen molar-refractivity contribution in [3.63, 3.8) is 0 Å². The highest BCUT2D eigenvalue weighted by atomic mass is 32.1. The summed E-state index contributed by atoms with van der Waals surface area (Å²) in [6.45, 7) is 4.58. The minimum Gasteiger partial charge on any atom is -0.341 e. The van der Waals surface area contributed by atoms with E-state index in [-0.39, 0.29) is 11.9 Å². The van der Waals surface area contributed by atoms with Gasteiger partial charge in [-0.2, -0.15) is 0 Å². The van der Waals surface area contributed by atoms with Crippen molar-refractivity contribution in [3.8, 4) is 0 Å². The van der Waals surface area contributed by atoms with Crippen LogP contribution in [0.1, 0.15) is 29.7 Å². The molecule has 1 rings (SSSR count). The van der Waals surface area contributed by atoms with E-state index in [0.29, 0.717) is 13.0 Å². The molecule has 1 aromatic heterocycles. The van der Waals surface area contributed by atoms with E-state index >= 15 is 0 Å². The van der Waals surface area contributed by atoms with E-state index in [2.05, 4.69) is 4.98 Å². The van der Waals surface area contributed by atoms with Crippen LogP contribution in [0.2, 0.25) is 0 Å². The van der Waals surface area contributed by atoms with Crippen LogP contribution < -0.4 is 5.73 Å². The average Bonchev–Trinajstić information content (AvgIpc) is 2.63. The summed E-state index contributed by atoms with van der Waals surface area (Å²) in [5.41, 5.74) is 5.75. The van der Waals surface area contributed by atoms with E-state index in [1.807, 2.05) is 20.0 Å². The zero-order valence-corrected chi connectivity index (χ0v) is 10.9. The Morgan fingerprint density at radius 1 is 1.69 bits per heavy atom. The zero-order valence-electron chi connectivity index (χ0n) is 10.1. The molecule has 2 N–H and O–H groups in total. The Morgan fingerprint density at radius 2 is 2.38 bits per heavy atom. The highest BCUT2D eigenvalue weighted by Gasteiger charge is 2.13. The third kappa shape index (κ3) is 3.90. The highest BCUT2D eigenvalue weighted by Crippen LogP contribution is 2.14. The molecule has 0 saturated carbocycles. The van der Waals surface area contributed by atoms with Gasteiger partial charge in [0.2, 0.25) is 5.91 Å². The largest absolute Gasteiger partial charge is 0.341 e. The lowest BCUT2D eigenvalue weighted by Crippen LogP contribution is -2.32. The van der Waals surface area contributed by atoms with Crippen molar-refractivity contribution in [2.75, 3.05) is 7.05 Å². The van der Waals surface area contributed by atoms with Gasteiger partial charge in [-0.1, -0.05) is 6.92 Å². The number of rotatable bonds is 5. The van der Waals surface area contributed by atoms with Crippen molar-refractivity contribution >= 4 is 17.2 Å². The van der Waals surface area contributed by atoms with Crippen LogP contribution in [0.15, 0.2) is 6.20 Å². The van der Waals surface area contributed by atoms with Crippen LogP contribution in [-0.4, -0.2) is 28.9 Å². The molecule has 0 spiro atoms. The van der Waals surface area contributed by atoms with E-state index in [9.17, 15) is 4.79 Å². The van der Waals surface area contributed by atoms with Gasteiger partial charge in [-0.3, -0.25) is 4.79 Å². The lowest BCUT2D eigenvalue weighted by atomic mass is 10.1. The molecule has 0 aliphatic carbocycles. The number of hydrogen-bond acceptors (Lipinski definition) is 4. The van der Waals surface area contributed by atoms with Gasteiger partial charge in [-0.15, -0.1) is 11.3 Å². The number of amides is 1. The summed E-state index contributed by atoms with van der Waals surface area (Å²) in [5.74, 6) is 0.0976. The molecule has 1 unspecified atom stereocenters. The second-order valence-electron chi connectivity index (χ2n) is 3.97. The summed E-state index contributed by atoms with van der Waals surface area (Å²) >= 11 is 1.62. The van der Waals surface area contributed by atoms with Gasteiger partial charge in [0.15, 0.2) is 0 Å². The molecule has 1 heterocycles. The van der Waals surface area contributed by atoms with Crippen LogP contribution in [0.4, 0.5) is 0 Å². The monoisotopic (exact) mass is 241 g/mol. The molecule has 0 aromatic carbocycles. The summed E-state index contributed by atoms with van der Waals surface area (Å²) in [6, 6.07) is -0.0295. The van der Waals surface area contributed by atoms with E-state index in [1.165, 1.54) is 0 Å². The van der Waals surface area contributed by atoms with Gasteiger partial charge < -0.3 is 10.6 Å². The Balaban J connectivity index is 2.45. The van der Waals surface area contributed by atoms with E-state index < -0.39 is 0 Å². The van der Waals surface area contributed by atoms with Crippen LogP contribution in [0.25, 0.3) is 0 Å². The van der Waals surface area contributed by atoms with Crippen LogP contribution in [0.5, 0.6) is 0 Å². The van der Waals surface area contributed by atoms with Crippen molar-refractivity contribution < 1.29 is 4.79 Å². The van der Waals surface area contributed by atoms with Gasteiger partial charge in [0.1, 0.15) is 0 Å². The summed E-state index contributed by atoms with van der Waals surface area (Å²) in [5, 5.41) is 1.03. The number of carbonyl (C=O) groups is 1. The number of carbonyl (C=O) groups excluding carboxylic acids is 1. The number of nitrogens with zero attached hydrogens (tertiary/aromatic N) is 2. The standard InChI is InChI=1S/C11H19N3OS/c1-4-9(12)5-11(15)14(3)7-10-6-13-8(2)16-10/h6,9H,4-5,7,12H2,1-3H3. The first-order valence-corrected chi connectivity index (χ1v) is 6.25. The Labute approximate surface area is 100 Å². The van der Waals surface area contributed by atoms with Gasteiger partial charge in [-0.25, -0.2) is 4.98 Å². The SMILES string of the molecule is CCC(N)CC(=O)N(C)Cc1cnc(C)s1. The van der Waals surface area contributed by atoms with Crippen molar-refractivity contribution in [1.82, 2.24) is 9.88 Å². The van der Waals surface area contributed by atoms with Crippen LogP contribution in [-0.2, 0) is 11.3 Å². The van der Waals surface area contributed by atoms with Crippen molar-refractivity contribution in [2.45, 2.75) is 39.3 Å². The molecule has 1 amide bonds.